The molecular weight excluding hydrogens is 564 g/mol. The summed E-state index contributed by atoms with van der Waals surface area (Å²) in [6.07, 6.45) is 2.62. The molecule has 0 bridgehead atoms. The molecule has 1 unspecified atom stereocenters. The number of amides is 2. The third kappa shape index (κ3) is 8.16. The Hall–Kier alpha value is -3.85. The maximum atomic E-state index is 13.4. The lowest BCUT2D eigenvalue weighted by atomic mass is 9.88. The van der Waals surface area contributed by atoms with Gasteiger partial charge in [-0.25, -0.2) is 4.79 Å². The number of carbonyl (C=O) groups excluding carboxylic acids is 3. The lowest BCUT2D eigenvalue weighted by molar-refractivity contribution is -0.145. The second-order valence-electron chi connectivity index (χ2n) is 11.6. The summed E-state index contributed by atoms with van der Waals surface area (Å²) in [6, 6.07) is 8.05. The van der Waals surface area contributed by atoms with Crippen molar-refractivity contribution in [3.8, 4) is 11.5 Å². The number of rotatable bonds is 11. The van der Waals surface area contributed by atoms with E-state index >= 15 is 0 Å². The van der Waals surface area contributed by atoms with Gasteiger partial charge in [0.15, 0.2) is 13.2 Å². The number of hydrogen-bond acceptors (Lipinski definition) is 7. The number of nitrogens with one attached hydrogen (secondary N) is 2. The van der Waals surface area contributed by atoms with Gasteiger partial charge in [-0.05, 0) is 94.5 Å². The van der Waals surface area contributed by atoms with E-state index in [1.54, 1.807) is 0 Å². The van der Waals surface area contributed by atoms with E-state index in [1.165, 1.54) is 11.3 Å². The van der Waals surface area contributed by atoms with Crippen molar-refractivity contribution < 1.29 is 28.6 Å². The first-order valence-corrected chi connectivity index (χ1v) is 15.5. The average molecular weight is 607 g/mol. The summed E-state index contributed by atoms with van der Waals surface area (Å²) in [5.74, 6) is 0.747. The topological polar surface area (TPSA) is 103 Å². The van der Waals surface area contributed by atoms with E-state index in [1.807, 2.05) is 65.8 Å². The molecule has 43 heavy (non-hydrogen) atoms. The Bertz CT molecular complexity index is 1480. The molecule has 2 N–H and O–H groups in total. The van der Waals surface area contributed by atoms with Crippen LogP contribution in [0.15, 0.2) is 24.3 Å². The van der Waals surface area contributed by atoms with Crippen molar-refractivity contribution in [3.05, 3.63) is 73.7 Å². The van der Waals surface area contributed by atoms with E-state index < -0.39 is 5.97 Å². The molecule has 2 aromatic carbocycles. The van der Waals surface area contributed by atoms with Crippen LogP contribution in [0.25, 0.3) is 0 Å². The van der Waals surface area contributed by atoms with Crippen LogP contribution in [-0.4, -0.2) is 44.1 Å². The zero-order valence-electron chi connectivity index (χ0n) is 26.2. The van der Waals surface area contributed by atoms with Crippen LogP contribution in [0.2, 0.25) is 0 Å². The summed E-state index contributed by atoms with van der Waals surface area (Å²) in [6.45, 7) is 13.8. The minimum atomic E-state index is -0.512. The number of esters is 1. The van der Waals surface area contributed by atoms with Gasteiger partial charge >= 0.3 is 5.97 Å². The number of ether oxygens (including phenoxy) is 3. The van der Waals surface area contributed by atoms with Crippen molar-refractivity contribution in [1.29, 1.82) is 0 Å². The monoisotopic (exact) mass is 606 g/mol. The number of anilines is 1. The molecule has 4 rings (SSSR count). The molecular formula is C34H42N2O6S. The van der Waals surface area contributed by atoms with Gasteiger partial charge in [-0.2, -0.15) is 0 Å². The third-order valence-corrected chi connectivity index (χ3v) is 8.70. The van der Waals surface area contributed by atoms with E-state index in [4.69, 9.17) is 14.2 Å². The van der Waals surface area contributed by atoms with Crippen molar-refractivity contribution in [3.63, 3.8) is 0 Å². The van der Waals surface area contributed by atoms with Crippen LogP contribution in [0, 0.1) is 47.5 Å². The first kappa shape index (κ1) is 32.1. The number of fused-ring (bicyclic) bond motifs is 1. The first-order chi connectivity index (χ1) is 20.4. The third-order valence-electron chi connectivity index (χ3n) is 7.53. The van der Waals surface area contributed by atoms with Gasteiger partial charge < -0.3 is 24.8 Å². The minimum absolute atomic E-state index is 0.00788. The highest BCUT2D eigenvalue weighted by Gasteiger charge is 2.28. The van der Waals surface area contributed by atoms with Gasteiger partial charge in [0.25, 0.3) is 11.8 Å². The zero-order chi connectivity index (χ0) is 31.3. The van der Waals surface area contributed by atoms with Crippen LogP contribution in [0.5, 0.6) is 11.5 Å². The van der Waals surface area contributed by atoms with Crippen molar-refractivity contribution in [1.82, 2.24) is 5.32 Å². The van der Waals surface area contributed by atoms with Gasteiger partial charge in [-0.3, -0.25) is 9.59 Å². The van der Waals surface area contributed by atoms with Crippen LogP contribution < -0.4 is 20.1 Å². The Kier molecular flexibility index (Phi) is 10.5. The molecule has 0 saturated heterocycles. The molecule has 0 spiro atoms. The number of carbonyl (C=O) groups is 3. The average Bonchev–Trinajstić information content (AvgIpc) is 3.26. The number of thiophene rings is 1. The lowest BCUT2D eigenvalue weighted by Gasteiger charge is -2.18. The predicted molar refractivity (Wildman–Crippen MR) is 170 cm³/mol. The molecule has 1 aliphatic carbocycles. The fraction of sp³-hybridized carbons (Fsp3) is 0.441. The molecule has 1 aromatic heterocycles. The SMILES string of the molecule is Cc1cc(C)c(OCC(=O)Nc2sc3c(c2C(=O)NCCOC(=O)COc2c(C)cc(C)cc2C)CCC(C)C3)c(C)c1. The van der Waals surface area contributed by atoms with Gasteiger partial charge in [0, 0.05) is 4.88 Å². The molecule has 0 fully saturated rings. The summed E-state index contributed by atoms with van der Waals surface area (Å²) in [4.78, 5) is 39.7. The van der Waals surface area contributed by atoms with E-state index in [0.29, 0.717) is 28.0 Å². The molecule has 0 radical (unpaired) electrons. The molecule has 230 valence electrons. The van der Waals surface area contributed by atoms with E-state index in [9.17, 15) is 14.4 Å². The van der Waals surface area contributed by atoms with Crippen molar-refractivity contribution >= 4 is 34.1 Å². The second kappa shape index (κ2) is 14.1. The van der Waals surface area contributed by atoms with Crippen LogP contribution in [-0.2, 0) is 27.2 Å². The van der Waals surface area contributed by atoms with Gasteiger partial charge in [-0.15, -0.1) is 11.3 Å². The van der Waals surface area contributed by atoms with Crippen molar-refractivity contribution in [2.24, 2.45) is 5.92 Å². The molecule has 1 heterocycles. The van der Waals surface area contributed by atoms with Gasteiger partial charge in [0.2, 0.25) is 0 Å². The van der Waals surface area contributed by atoms with Crippen LogP contribution in [0.4, 0.5) is 5.00 Å². The highest BCUT2D eigenvalue weighted by molar-refractivity contribution is 7.17. The van der Waals surface area contributed by atoms with E-state index in [2.05, 4.69) is 17.6 Å². The largest absolute Gasteiger partial charge is 0.483 e. The maximum absolute atomic E-state index is 13.4. The van der Waals surface area contributed by atoms with Crippen LogP contribution in [0.3, 0.4) is 0 Å². The summed E-state index contributed by atoms with van der Waals surface area (Å²) >= 11 is 1.45. The molecule has 8 nitrogen and oxygen atoms in total. The van der Waals surface area contributed by atoms with Gasteiger partial charge in [0.1, 0.15) is 23.1 Å². The fourth-order valence-electron chi connectivity index (χ4n) is 5.76. The normalized spacial score (nSPS) is 14.1. The molecule has 0 saturated carbocycles. The van der Waals surface area contributed by atoms with Gasteiger partial charge in [-0.1, -0.05) is 42.3 Å². The fourth-order valence-corrected chi connectivity index (χ4v) is 7.18. The first-order valence-electron chi connectivity index (χ1n) is 14.7. The Morgan fingerprint density at radius 1 is 0.860 bits per heavy atom. The molecule has 0 aliphatic heterocycles. The number of hydrogen-bond donors (Lipinski definition) is 2. The van der Waals surface area contributed by atoms with E-state index in [-0.39, 0.29) is 38.2 Å². The highest BCUT2D eigenvalue weighted by atomic mass is 32.1. The van der Waals surface area contributed by atoms with Crippen LogP contribution in [0.1, 0.15) is 67.5 Å². The number of aryl methyl sites for hydroxylation is 6. The lowest BCUT2D eigenvalue weighted by Crippen LogP contribution is -2.30. The quantitative estimate of drug-likeness (QED) is 0.202. The summed E-state index contributed by atoms with van der Waals surface area (Å²) in [7, 11) is 0. The Morgan fingerprint density at radius 3 is 2.00 bits per heavy atom. The Morgan fingerprint density at radius 2 is 1.42 bits per heavy atom. The molecule has 9 heteroatoms. The molecule has 1 atom stereocenters. The number of benzene rings is 2. The van der Waals surface area contributed by atoms with Crippen LogP contribution >= 0.6 is 11.3 Å². The molecule has 3 aromatic rings. The molecule has 2 amide bonds. The van der Waals surface area contributed by atoms with Crippen molar-refractivity contribution in [2.45, 2.75) is 67.7 Å². The highest BCUT2D eigenvalue weighted by Crippen LogP contribution is 2.39. The summed E-state index contributed by atoms with van der Waals surface area (Å²) in [5.41, 5.74) is 7.60. The van der Waals surface area contributed by atoms with E-state index in [0.717, 1.165) is 63.1 Å². The van der Waals surface area contributed by atoms with Crippen molar-refractivity contribution in [2.75, 3.05) is 31.7 Å². The zero-order valence-corrected chi connectivity index (χ0v) is 27.0. The summed E-state index contributed by atoms with van der Waals surface area (Å²) < 4.78 is 16.9. The minimum Gasteiger partial charge on any atom is -0.483 e. The smallest absolute Gasteiger partial charge is 0.344 e. The standard InChI is InChI=1S/C34H42N2O6S/c1-19-8-9-26-27(16-19)43-34(36-28(37)17-41-31-22(4)12-20(2)13-23(31)5)30(26)33(39)35-10-11-40-29(38)18-42-32-24(6)14-21(3)15-25(32)7/h12-15,19H,8-11,16-18H2,1-7H3,(H,35,39)(H,36,37). The predicted octanol–water partition coefficient (Wildman–Crippen LogP) is 6.09. The van der Waals surface area contributed by atoms with Gasteiger partial charge in [0.05, 0.1) is 12.1 Å². The molecule has 1 aliphatic rings. The maximum Gasteiger partial charge on any atom is 0.344 e. The second-order valence-corrected chi connectivity index (χ2v) is 12.7. The Labute approximate surface area is 258 Å². The Balaban J connectivity index is 1.34. The summed E-state index contributed by atoms with van der Waals surface area (Å²) in [5, 5.41) is 6.31.